The molecule has 2 rings (SSSR count). The Kier molecular flexibility index (Phi) is 4.09. The van der Waals surface area contributed by atoms with Gasteiger partial charge >= 0.3 is 0 Å². The quantitative estimate of drug-likeness (QED) is 0.855. The molecule has 0 bridgehead atoms. The molecular formula is C13H17FN2O. The highest BCUT2D eigenvalue weighted by Crippen LogP contribution is 2.08. The predicted octanol–water partition coefficient (Wildman–Crippen LogP) is 1.19. The van der Waals surface area contributed by atoms with Crippen molar-refractivity contribution < 1.29 is 9.18 Å². The van der Waals surface area contributed by atoms with E-state index in [9.17, 15) is 9.18 Å². The van der Waals surface area contributed by atoms with Gasteiger partial charge in [-0.2, -0.15) is 0 Å². The van der Waals surface area contributed by atoms with Crippen LogP contribution in [0.15, 0.2) is 24.3 Å². The number of nitrogens with zero attached hydrogens (tertiary/aromatic N) is 1. The number of amides is 1. The van der Waals surface area contributed by atoms with Crippen LogP contribution in [0.3, 0.4) is 0 Å². The first-order chi connectivity index (χ1) is 8.25. The summed E-state index contributed by atoms with van der Waals surface area (Å²) in [4.78, 5) is 13.7. The first-order valence-electron chi connectivity index (χ1n) is 5.98. The number of halogens is 1. The average molecular weight is 236 g/mol. The number of piperazine rings is 1. The molecule has 92 valence electrons. The molecule has 0 atom stereocenters. The Hall–Kier alpha value is -1.42. The minimum atomic E-state index is -0.239. The van der Waals surface area contributed by atoms with E-state index in [0.717, 1.165) is 31.7 Å². The second kappa shape index (κ2) is 5.77. The first kappa shape index (κ1) is 12.0. The highest BCUT2D eigenvalue weighted by atomic mass is 19.1. The number of aryl methyl sites for hydroxylation is 1. The molecule has 3 nitrogen and oxygen atoms in total. The summed E-state index contributed by atoms with van der Waals surface area (Å²) in [7, 11) is 0. The molecular weight excluding hydrogens is 219 g/mol. The van der Waals surface area contributed by atoms with Crippen molar-refractivity contribution in [2.24, 2.45) is 0 Å². The number of hydrogen-bond donors (Lipinski definition) is 1. The topological polar surface area (TPSA) is 32.3 Å². The maximum Gasteiger partial charge on any atom is 0.222 e. The van der Waals surface area contributed by atoms with Gasteiger partial charge in [0.15, 0.2) is 0 Å². The highest BCUT2D eigenvalue weighted by molar-refractivity contribution is 5.76. The molecule has 1 heterocycles. The summed E-state index contributed by atoms with van der Waals surface area (Å²) in [6, 6.07) is 6.45. The van der Waals surface area contributed by atoms with Gasteiger partial charge in [-0.1, -0.05) is 12.1 Å². The number of benzene rings is 1. The summed E-state index contributed by atoms with van der Waals surface area (Å²) in [5.41, 5.74) is 0.883. The lowest BCUT2D eigenvalue weighted by atomic mass is 10.1. The highest BCUT2D eigenvalue weighted by Gasteiger charge is 2.15. The van der Waals surface area contributed by atoms with Crippen molar-refractivity contribution in [1.29, 1.82) is 0 Å². The van der Waals surface area contributed by atoms with Crippen LogP contribution >= 0.6 is 0 Å². The zero-order chi connectivity index (χ0) is 12.1. The largest absolute Gasteiger partial charge is 0.340 e. The van der Waals surface area contributed by atoms with Crippen molar-refractivity contribution in [3.8, 4) is 0 Å². The van der Waals surface area contributed by atoms with Gasteiger partial charge in [-0.3, -0.25) is 4.79 Å². The molecule has 0 aliphatic carbocycles. The second-order valence-corrected chi connectivity index (χ2v) is 4.26. The molecule has 0 aromatic heterocycles. The van der Waals surface area contributed by atoms with E-state index in [1.165, 1.54) is 12.1 Å². The van der Waals surface area contributed by atoms with Crippen LogP contribution in [0.4, 0.5) is 4.39 Å². The number of nitrogens with one attached hydrogen (secondary N) is 1. The van der Waals surface area contributed by atoms with E-state index in [-0.39, 0.29) is 11.7 Å². The molecule has 1 N–H and O–H groups in total. The van der Waals surface area contributed by atoms with E-state index in [0.29, 0.717) is 12.8 Å². The maximum atomic E-state index is 12.9. The van der Waals surface area contributed by atoms with Crippen molar-refractivity contribution in [2.75, 3.05) is 26.2 Å². The van der Waals surface area contributed by atoms with Crippen LogP contribution in [0.25, 0.3) is 0 Å². The lowest BCUT2D eigenvalue weighted by Gasteiger charge is -2.27. The molecule has 1 fully saturated rings. The monoisotopic (exact) mass is 236 g/mol. The number of hydrogen-bond acceptors (Lipinski definition) is 2. The third-order valence-corrected chi connectivity index (χ3v) is 2.99. The standard InChI is InChI=1S/C13H17FN2O/c14-12-3-1-2-11(10-12)4-5-13(17)16-8-6-15-7-9-16/h1-3,10,15H,4-9H2. The van der Waals surface area contributed by atoms with Gasteiger partial charge in [0.25, 0.3) is 0 Å². The molecule has 1 aromatic carbocycles. The molecule has 1 aliphatic rings. The van der Waals surface area contributed by atoms with E-state index >= 15 is 0 Å². The van der Waals surface area contributed by atoms with Gasteiger partial charge in [-0.15, -0.1) is 0 Å². The molecule has 0 spiro atoms. The summed E-state index contributed by atoms with van der Waals surface area (Å²) in [6.07, 6.45) is 1.07. The van der Waals surface area contributed by atoms with E-state index in [4.69, 9.17) is 0 Å². The molecule has 1 amide bonds. The lowest BCUT2D eigenvalue weighted by molar-refractivity contribution is -0.131. The average Bonchev–Trinajstić information content (AvgIpc) is 2.37. The van der Waals surface area contributed by atoms with Crippen molar-refractivity contribution in [3.05, 3.63) is 35.6 Å². The Morgan fingerprint density at radius 1 is 1.35 bits per heavy atom. The molecule has 1 saturated heterocycles. The van der Waals surface area contributed by atoms with Gasteiger partial charge in [0.05, 0.1) is 0 Å². The molecule has 4 heteroatoms. The predicted molar refractivity (Wildman–Crippen MR) is 64.2 cm³/mol. The molecule has 0 saturated carbocycles. The third kappa shape index (κ3) is 3.53. The summed E-state index contributed by atoms with van der Waals surface area (Å²) in [5.74, 6) is -0.0760. The van der Waals surface area contributed by atoms with Crippen LogP contribution in [-0.2, 0) is 11.2 Å². The number of rotatable bonds is 3. The lowest BCUT2D eigenvalue weighted by Crippen LogP contribution is -2.46. The normalized spacial score (nSPS) is 15.9. The van der Waals surface area contributed by atoms with Crippen LogP contribution in [0.1, 0.15) is 12.0 Å². The summed E-state index contributed by atoms with van der Waals surface area (Å²) in [5, 5.41) is 3.21. The van der Waals surface area contributed by atoms with Gasteiger partial charge in [0.2, 0.25) is 5.91 Å². The molecule has 0 radical (unpaired) electrons. The molecule has 17 heavy (non-hydrogen) atoms. The minimum Gasteiger partial charge on any atom is -0.340 e. The Balaban J connectivity index is 1.83. The Labute approximate surface area is 101 Å². The van der Waals surface area contributed by atoms with Crippen LogP contribution in [-0.4, -0.2) is 37.0 Å². The second-order valence-electron chi connectivity index (χ2n) is 4.26. The summed E-state index contributed by atoms with van der Waals surface area (Å²) in [6.45, 7) is 3.29. The Morgan fingerprint density at radius 3 is 2.82 bits per heavy atom. The molecule has 1 aliphatic heterocycles. The minimum absolute atomic E-state index is 0.163. The van der Waals surface area contributed by atoms with Crippen LogP contribution in [0, 0.1) is 5.82 Å². The SMILES string of the molecule is O=C(CCc1cccc(F)c1)N1CCNCC1. The molecule has 1 aromatic rings. The van der Waals surface area contributed by atoms with E-state index in [1.807, 2.05) is 11.0 Å². The fourth-order valence-corrected chi connectivity index (χ4v) is 2.02. The van der Waals surface area contributed by atoms with Crippen molar-refractivity contribution >= 4 is 5.91 Å². The van der Waals surface area contributed by atoms with Crippen LogP contribution in [0.5, 0.6) is 0 Å². The van der Waals surface area contributed by atoms with E-state index < -0.39 is 0 Å². The van der Waals surface area contributed by atoms with Gasteiger partial charge in [-0.25, -0.2) is 4.39 Å². The Bertz CT molecular complexity index is 389. The van der Waals surface area contributed by atoms with Crippen LogP contribution in [0.2, 0.25) is 0 Å². The van der Waals surface area contributed by atoms with Crippen molar-refractivity contribution in [2.45, 2.75) is 12.8 Å². The van der Waals surface area contributed by atoms with Gasteiger partial charge < -0.3 is 10.2 Å². The fraction of sp³-hybridized carbons (Fsp3) is 0.462. The van der Waals surface area contributed by atoms with E-state index in [1.54, 1.807) is 6.07 Å². The first-order valence-corrected chi connectivity index (χ1v) is 5.98. The van der Waals surface area contributed by atoms with Crippen molar-refractivity contribution in [1.82, 2.24) is 10.2 Å². The summed E-state index contributed by atoms with van der Waals surface area (Å²) < 4.78 is 12.9. The van der Waals surface area contributed by atoms with Gasteiger partial charge in [0.1, 0.15) is 5.82 Å². The molecule has 0 unspecified atom stereocenters. The zero-order valence-electron chi connectivity index (χ0n) is 9.79. The summed E-state index contributed by atoms with van der Waals surface area (Å²) >= 11 is 0. The maximum absolute atomic E-state index is 12.9. The Morgan fingerprint density at radius 2 is 2.12 bits per heavy atom. The van der Waals surface area contributed by atoms with E-state index in [2.05, 4.69) is 5.32 Å². The number of carbonyl (C=O) groups excluding carboxylic acids is 1. The number of carbonyl (C=O) groups is 1. The fourth-order valence-electron chi connectivity index (χ4n) is 2.02. The zero-order valence-corrected chi connectivity index (χ0v) is 9.79. The van der Waals surface area contributed by atoms with Gasteiger partial charge in [0, 0.05) is 32.6 Å². The smallest absolute Gasteiger partial charge is 0.222 e. The van der Waals surface area contributed by atoms with Crippen LogP contribution < -0.4 is 5.32 Å². The third-order valence-electron chi connectivity index (χ3n) is 2.99. The van der Waals surface area contributed by atoms with Gasteiger partial charge in [-0.05, 0) is 24.1 Å². The van der Waals surface area contributed by atoms with Crippen molar-refractivity contribution in [3.63, 3.8) is 0 Å².